The number of hydrogen-bond donors (Lipinski definition) is 3. The minimum absolute atomic E-state index is 0.0469. The lowest BCUT2D eigenvalue weighted by Crippen LogP contribution is -2.44. The van der Waals surface area contributed by atoms with Crippen LogP contribution in [0.1, 0.15) is 25.7 Å². The molecule has 2 aromatic carbocycles. The Kier molecular flexibility index (Phi) is 10.1. The molecule has 1 fully saturated rings. The number of rotatable bonds is 11. The van der Waals surface area contributed by atoms with Crippen molar-refractivity contribution in [3.05, 3.63) is 60.3 Å². The average Bonchev–Trinajstić information content (AvgIpc) is 2.95. The molecule has 1 aromatic heterocycles. The van der Waals surface area contributed by atoms with E-state index in [1.807, 2.05) is 24.3 Å². The van der Waals surface area contributed by atoms with E-state index in [1.54, 1.807) is 32.6 Å². The molecular formula is C30H38ClN6O4P. The normalized spacial score (nSPS) is 16.9. The van der Waals surface area contributed by atoms with Crippen LogP contribution in [0.5, 0.6) is 11.5 Å². The fourth-order valence-electron chi connectivity index (χ4n) is 4.99. The van der Waals surface area contributed by atoms with Gasteiger partial charge in [0.1, 0.15) is 29.8 Å². The monoisotopic (exact) mass is 612 g/mol. The van der Waals surface area contributed by atoms with Gasteiger partial charge in [0.05, 0.1) is 30.4 Å². The van der Waals surface area contributed by atoms with Gasteiger partial charge >= 0.3 is 0 Å². The van der Waals surface area contributed by atoms with Crippen LogP contribution in [0.3, 0.4) is 0 Å². The second kappa shape index (κ2) is 13.6. The van der Waals surface area contributed by atoms with Gasteiger partial charge in [-0.2, -0.15) is 4.98 Å². The van der Waals surface area contributed by atoms with Crippen molar-refractivity contribution in [2.75, 3.05) is 50.5 Å². The van der Waals surface area contributed by atoms with Crippen molar-refractivity contribution in [1.82, 2.24) is 14.9 Å². The fourth-order valence-corrected chi connectivity index (χ4v) is 6.28. The predicted octanol–water partition coefficient (Wildman–Crippen LogP) is 6.25. The summed E-state index contributed by atoms with van der Waals surface area (Å²) in [6.07, 6.45) is 6.78. The lowest BCUT2D eigenvalue weighted by atomic mass is 9.91. The average molecular weight is 613 g/mol. The summed E-state index contributed by atoms with van der Waals surface area (Å²) in [7, 11) is 3.09. The Hall–Kier alpha value is -3.59. The predicted molar refractivity (Wildman–Crippen MR) is 171 cm³/mol. The van der Waals surface area contributed by atoms with E-state index in [4.69, 9.17) is 21.1 Å². The van der Waals surface area contributed by atoms with Crippen molar-refractivity contribution in [3.8, 4) is 11.5 Å². The maximum atomic E-state index is 12.8. The second-order valence-corrected chi connectivity index (χ2v) is 14.3. The summed E-state index contributed by atoms with van der Waals surface area (Å²) in [6.45, 7) is 6.99. The van der Waals surface area contributed by atoms with Crippen LogP contribution in [0.2, 0.25) is 5.02 Å². The molecule has 1 aliphatic carbocycles. The van der Waals surface area contributed by atoms with Crippen LogP contribution in [-0.2, 0) is 9.36 Å². The molecular weight excluding hydrogens is 575 g/mol. The Balaban J connectivity index is 1.67. The molecule has 2 atom stereocenters. The summed E-state index contributed by atoms with van der Waals surface area (Å²) in [6, 6.07) is 11.0. The van der Waals surface area contributed by atoms with Gasteiger partial charge < -0.3 is 34.9 Å². The van der Waals surface area contributed by atoms with E-state index in [9.17, 15) is 9.36 Å². The number of likely N-dealkylation sites (N-methyl/N-ethyl adjacent to an activating group) is 1. The molecule has 0 spiro atoms. The van der Waals surface area contributed by atoms with Crippen molar-refractivity contribution < 1.29 is 18.8 Å². The molecule has 224 valence electrons. The fraction of sp³-hybridized carbons (Fsp3) is 0.367. The van der Waals surface area contributed by atoms with Crippen LogP contribution in [0.25, 0.3) is 0 Å². The van der Waals surface area contributed by atoms with E-state index >= 15 is 0 Å². The first kappa shape index (κ1) is 31.3. The third kappa shape index (κ3) is 7.62. The second-order valence-electron chi connectivity index (χ2n) is 10.7. The molecule has 3 N–H and O–H groups in total. The largest absolute Gasteiger partial charge is 0.494 e. The number of halogens is 1. The maximum Gasteiger partial charge on any atom is 0.247 e. The van der Waals surface area contributed by atoms with E-state index < -0.39 is 7.14 Å². The van der Waals surface area contributed by atoms with Gasteiger partial charge in [-0.15, -0.1) is 0 Å². The van der Waals surface area contributed by atoms with E-state index in [-0.39, 0.29) is 29.0 Å². The number of nitrogens with zero attached hydrogens (tertiary/aromatic N) is 3. The Labute approximate surface area is 252 Å². The number of carbonyl (C=O) groups excluding carboxylic acids is 1. The highest BCUT2D eigenvalue weighted by atomic mass is 35.5. The van der Waals surface area contributed by atoms with Gasteiger partial charge in [0.25, 0.3) is 0 Å². The lowest BCUT2D eigenvalue weighted by molar-refractivity contribution is -0.111. The van der Waals surface area contributed by atoms with Crippen molar-refractivity contribution in [2.45, 2.75) is 37.8 Å². The first-order chi connectivity index (χ1) is 20.0. The van der Waals surface area contributed by atoms with Gasteiger partial charge in [-0.3, -0.25) is 4.79 Å². The van der Waals surface area contributed by atoms with Crippen LogP contribution in [0.4, 0.5) is 28.8 Å². The number of methoxy groups -OCH3 is 1. The quantitative estimate of drug-likeness (QED) is 0.171. The molecule has 0 bridgehead atoms. The Bertz CT molecular complexity index is 1490. The van der Waals surface area contributed by atoms with E-state index in [0.29, 0.717) is 39.7 Å². The van der Waals surface area contributed by atoms with Crippen LogP contribution in [0.15, 0.2) is 55.3 Å². The number of benzene rings is 2. The number of anilines is 5. The van der Waals surface area contributed by atoms with E-state index in [1.165, 1.54) is 12.3 Å². The third-order valence-corrected chi connectivity index (χ3v) is 8.91. The van der Waals surface area contributed by atoms with Gasteiger partial charge in [-0.1, -0.05) is 36.7 Å². The van der Waals surface area contributed by atoms with Gasteiger partial charge in [0.15, 0.2) is 5.82 Å². The Morgan fingerprint density at radius 1 is 1.10 bits per heavy atom. The first-order valence-corrected chi connectivity index (χ1v) is 16.7. The summed E-state index contributed by atoms with van der Waals surface area (Å²) in [4.78, 5) is 23.4. The Morgan fingerprint density at radius 3 is 2.52 bits per heavy atom. The van der Waals surface area contributed by atoms with Crippen molar-refractivity contribution in [2.24, 2.45) is 0 Å². The van der Waals surface area contributed by atoms with Crippen LogP contribution < -0.4 is 30.7 Å². The number of nitrogens with one attached hydrogen (secondary N) is 3. The molecule has 12 heteroatoms. The number of aromatic nitrogens is 2. The van der Waals surface area contributed by atoms with Gasteiger partial charge in [-0.25, -0.2) is 4.98 Å². The summed E-state index contributed by atoms with van der Waals surface area (Å²) in [5, 5.41) is 10.2. The molecule has 2 unspecified atom stereocenters. The van der Waals surface area contributed by atoms with Gasteiger partial charge in [0.2, 0.25) is 11.9 Å². The van der Waals surface area contributed by atoms with Gasteiger partial charge in [0, 0.05) is 17.4 Å². The zero-order valence-corrected chi connectivity index (χ0v) is 26.3. The topological polar surface area (TPSA) is 118 Å². The molecule has 1 amide bonds. The zero-order valence-electron chi connectivity index (χ0n) is 24.6. The lowest BCUT2D eigenvalue weighted by Gasteiger charge is -2.36. The number of carbonyl (C=O) groups is 1. The Morgan fingerprint density at radius 2 is 1.83 bits per heavy atom. The van der Waals surface area contributed by atoms with Crippen LogP contribution in [-0.4, -0.2) is 67.5 Å². The minimum atomic E-state index is -2.57. The first-order valence-electron chi connectivity index (χ1n) is 13.7. The summed E-state index contributed by atoms with van der Waals surface area (Å²) < 4.78 is 25.1. The number of ether oxygens (including phenoxy) is 2. The molecule has 1 saturated carbocycles. The summed E-state index contributed by atoms with van der Waals surface area (Å²) in [5.74, 6) is 1.14. The van der Waals surface area contributed by atoms with Crippen LogP contribution >= 0.6 is 18.7 Å². The molecule has 0 radical (unpaired) electrons. The highest BCUT2D eigenvalue weighted by molar-refractivity contribution is 7.70. The summed E-state index contributed by atoms with van der Waals surface area (Å²) >= 11 is 6.43. The highest BCUT2D eigenvalue weighted by Gasteiger charge is 2.29. The molecule has 10 nitrogen and oxygen atoms in total. The van der Waals surface area contributed by atoms with Crippen molar-refractivity contribution in [1.29, 1.82) is 0 Å². The zero-order chi connectivity index (χ0) is 30.4. The molecule has 1 heterocycles. The standard InChI is InChI=1S/C30H38ClN6O4P/c1-7-28(38)33-22-16-21(25(40-4)17-26(22)41-24-14-10-9-13-23(24)37(2)3)35-30-32-18-19(31)29(36-30)34-20-12-8-11-15-27(20)42(5,6)39/h7-8,11-12,15-18,23-24H,1,9-10,13-14H2,2-6H3,(H,33,38)(H2,32,34,35,36). The molecule has 4 rings (SSSR count). The van der Waals surface area contributed by atoms with Crippen molar-refractivity contribution >= 4 is 58.8 Å². The number of amides is 1. The molecule has 42 heavy (non-hydrogen) atoms. The number of para-hydroxylation sites is 1. The molecule has 1 aliphatic rings. The number of hydrogen-bond acceptors (Lipinski definition) is 9. The highest BCUT2D eigenvalue weighted by Crippen LogP contribution is 2.41. The smallest absolute Gasteiger partial charge is 0.247 e. The third-order valence-electron chi connectivity index (χ3n) is 7.08. The SMILES string of the molecule is C=CC(=O)Nc1cc(Nc2ncc(Cl)c(Nc3ccccc3P(C)(C)=O)n2)c(OC)cc1OC1CCCCC1N(C)C. The van der Waals surface area contributed by atoms with Gasteiger partial charge in [-0.05, 0) is 71.0 Å². The summed E-state index contributed by atoms with van der Waals surface area (Å²) in [5.41, 5.74) is 1.59. The molecule has 0 saturated heterocycles. The van der Waals surface area contributed by atoms with Crippen molar-refractivity contribution in [3.63, 3.8) is 0 Å². The van der Waals surface area contributed by atoms with Crippen LogP contribution in [0, 0.1) is 0 Å². The maximum absolute atomic E-state index is 12.8. The van der Waals surface area contributed by atoms with E-state index in [2.05, 4.69) is 51.5 Å². The van der Waals surface area contributed by atoms with E-state index in [0.717, 1.165) is 25.7 Å². The minimum Gasteiger partial charge on any atom is -0.494 e. The molecule has 0 aliphatic heterocycles. The molecule has 3 aromatic rings.